The molecule has 2 aromatic carbocycles. The van der Waals surface area contributed by atoms with Crippen molar-refractivity contribution in [2.45, 2.75) is 56.1 Å². The Labute approximate surface area is 181 Å². The molecule has 0 spiro atoms. The van der Waals surface area contributed by atoms with Gasteiger partial charge in [0.25, 0.3) is 15.8 Å². The second-order valence-electron chi connectivity index (χ2n) is 7.62. The van der Waals surface area contributed by atoms with Gasteiger partial charge in [0.2, 0.25) is 0 Å². The molecule has 2 aromatic rings. The van der Waals surface area contributed by atoms with Crippen molar-refractivity contribution < 1.29 is 27.1 Å². The lowest BCUT2D eigenvalue weighted by Gasteiger charge is -2.25. The van der Waals surface area contributed by atoms with Crippen LogP contribution in [0.4, 0.5) is 5.69 Å². The monoisotopic (exact) mass is 447 g/mol. The largest absolute Gasteiger partial charge is 0.459 e. The van der Waals surface area contributed by atoms with Crippen molar-refractivity contribution >= 4 is 21.8 Å². The van der Waals surface area contributed by atoms with Crippen LogP contribution in [0.5, 0.6) is 0 Å². The van der Waals surface area contributed by atoms with Crippen LogP contribution in [0, 0.1) is 16.0 Å². The Hall–Kier alpha value is -2.78. The maximum absolute atomic E-state index is 12.7. The van der Waals surface area contributed by atoms with E-state index < -0.39 is 27.1 Å². The second-order valence-corrected chi connectivity index (χ2v) is 9.20. The van der Waals surface area contributed by atoms with Gasteiger partial charge in [0.1, 0.15) is 6.61 Å². The van der Waals surface area contributed by atoms with Crippen LogP contribution in [0.15, 0.2) is 59.5 Å². The molecule has 9 heteroatoms. The molecule has 0 radical (unpaired) electrons. The van der Waals surface area contributed by atoms with Crippen LogP contribution in [0.2, 0.25) is 0 Å². The predicted octanol–water partition coefficient (Wildman–Crippen LogP) is 4.38. The first-order valence-corrected chi connectivity index (χ1v) is 11.6. The Morgan fingerprint density at radius 3 is 2.29 bits per heavy atom. The van der Waals surface area contributed by atoms with Gasteiger partial charge in [0.05, 0.1) is 9.82 Å². The van der Waals surface area contributed by atoms with Crippen LogP contribution in [-0.4, -0.2) is 25.4 Å². The van der Waals surface area contributed by atoms with E-state index >= 15 is 0 Å². The SMILES string of the molecule is O=C(OCc1ccccc1)[C@@H](CC1CCCCC1)OS(=O)(=O)c1ccc([N+](=O)[O-])cc1. The van der Waals surface area contributed by atoms with Crippen LogP contribution in [0.25, 0.3) is 0 Å². The summed E-state index contributed by atoms with van der Waals surface area (Å²) in [5.41, 5.74) is 0.547. The number of nitro groups is 1. The first kappa shape index (κ1) is 22.9. The first-order valence-electron chi connectivity index (χ1n) is 10.2. The maximum Gasteiger partial charge on any atom is 0.337 e. The van der Waals surface area contributed by atoms with E-state index in [1.54, 1.807) is 12.1 Å². The fourth-order valence-corrected chi connectivity index (χ4v) is 4.71. The molecule has 0 N–H and O–H groups in total. The summed E-state index contributed by atoms with van der Waals surface area (Å²) in [6.07, 6.45) is 3.98. The quantitative estimate of drug-likeness (QED) is 0.242. The van der Waals surface area contributed by atoms with Gasteiger partial charge in [0, 0.05) is 12.1 Å². The molecule has 0 saturated heterocycles. The Kier molecular flexibility index (Phi) is 7.75. The molecule has 0 unspecified atom stereocenters. The topological polar surface area (TPSA) is 113 Å². The molecule has 166 valence electrons. The number of carbonyl (C=O) groups is 1. The van der Waals surface area contributed by atoms with Crippen molar-refractivity contribution in [2.24, 2.45) is 5.92 Å². The Bertz CT molecular complexity index is 984. The zero-order valence-corrected chi connectivity index (χ0v) is 17.8. The maximum atomic E-state index is 12.7. The molecule has 1 saturated carbocycles. The Balaban J connectivity index is 1.74. The van der Waals surface area contributed by atoms with E-state index in [1.807, 2.05) is 18.2 Å². The van der Waals surface area contributed by atoms with Gasteiger partial charge in [0.15, 0.2) is 6.10 Å². The van der Waals surface area contributed by atoms with E-state index in [0.29, 0.717) is 0 Å². The lowest BCUT2D eigenvalue weighted by molar-refractivity contribution is -0.384. The zero-order chi connectivity index (χ0) is 22.3. The van der Waals surface area contributed by atoms with Crippen LogP contribution in [0.1, 0.15) is 44.1 Å². The summed E-state index contributed by atoms with van der Waals surface area (Å²) >= 11 is 0. The number of benzene rings is 2. The van der Waals surface area contributed by atoms with Crippen molar-refractivity contribution in [1.29, 1.82) is 0 Å². The molecule has 8 nitrogen and oxygen atoms in total. The summed E-state index contributed by atoms with van der Waals surface area (Å²) in [7, 11) is -4.30. The molecule has 0 heterocycles. The van der Waals surface area contributed by atoms with Crippen LogP contribution >= 0.6 is 0 Å². The number of esters is 1. The smallest absolute Gasteiger partial charge is 0.337 e. The molecule has 1 aliphatic rings. The lowest BCUT2D eigenvalue weighted by Crippen LogP contribution is -2.32. The van der Waals surface area contributed by atoms with E-state index in [4.69, 9.17) is 8.92 Å². The van der Waals surface area contributed by atoms with Gasteiger partial charge in [-0.2, -0.15) is 8.42 Å². The summed E-state index contributed by atoms with van der Waals surface area (Å²) in [5.74, 6) is -0.560. The van der Waals surface area contributed by atoms with Gasteiger partial charge in [-0.25, -0.2) is 4.79 Å². The highest BCUT2D eigenvalue weighted by Crippen LogP contribution is 2.30. The van der Waals surface area contributed by atoms with Crippen LogP contribution < -0.4 is 0 Å². The van der Waals surface area contributed by atoms with E-state index in [9.17, 15) is 23.3 Å². The third kappa shape index (κ3) is 6.60. The van der Waals surface area contributed by atoms with Crippen molar-refractivity contribution in [3.63, 3.8) is 0 Å². The van der Waals surface area contributed by atoms with Crippen molar-refractivity contribution in [2.75, 3.05) is 0 Å². The zero-order valence-electron chi connectivity index (χ0n) is 17.0. The number of nitro benzene ring substituents is 1. The molecule has 1 atom stereocenters. The van der Waals surface area contributed by atoms with Gasteiger partial charge < -0.3 is 4.74 Å². The van der Waals surface area contributed by atoms with Crippen molar-refractivity contribution in [1.82, 2.24) is 0 Å². The van der Waals surface area contributed by atoms with Gasteiger partial charge in [-0.05, 0) is 30.0 Å². The van der Waals surface area contributed by atoms with Gasteiger partial charge in [-0.3, -0.25) is 14.3 Å². The number of non-ortho nitro benzene ring substituents is 1. The van der Waals surface area contributed by atoms with E-state index in [-0.39, 0.29) is 29.5 Å². The number of ether oxygens (including phenoxy) is 1. The number of carbonyl (C=O) groups excluding carboxylic acids is 1. The third-order valence-electron chi connectivity index (χ3n) is 5.34. The molecule has 1 fully saturated rings. The van der Waals surface area contributed by atoms with Crippen molar-refractivity contribution in [3.05, 3.63) is 70.3 Å². The van der Waals surface area contributed by atoms with E-state index in [0.717, 1.165) is 61.9 Å². The molecule has 3 rings (SSSR count). The summed E-state index contributed by atoms with van der Waals surface area (Å²) in [6.45, 7) is 0.0157. The summed E-state index contributed by atoms with van der Waals surface area (Å²) in [6, 6.07) is 13.4. The fraction of sp³-hybridized carbons (Fsp3) is 0.409. The standard InChI is InChI=1S/C22H25NO7S/c24-22(29-16-18-9-5-2-6-10-18)21(15-17-7-3-1-4-8-17)30-31(27,28)20-13-11-19(12-14-20)23(25)26/h2,5-6,9-14,17,21H,1,3-4,7-8,15-16H2/t21-/m1/s1. The molecule has 0 amide bonds. The summed E-state index contributed by atoms with van der Waals surface area (Å²) < 4.78 is 36.1. The average molecular weight is 448 g/mol. The molecule has 0 aromatic heterocycles. The highest BCUT2D eigenvalue weighted by atomic mass is 32.2. The lowest BCUT2D eigenvalue weighted by atomic mass is 9.85. The first-order chi connectivity index (χ1) is 14.8. The normalized spacial score (nSPS) is 15.9. The van der Waals surface area contributed by atoms with E-state index in [1.165, 1.54) is 0 Å². The van der Waals surface area contributed by atoms with Crippen LogP contribution in [-0.2, 0) is 30.4 Å². The van der Waals surface area contributed by atoms with E-state index in [2.05, 4.69) is 0 Å². The molecular weight excluding hydrogens is 422 g/mol. The second kappa shape index (κ2) is 10.5. The van der Waals surface area contributed by atoms with Crippen LogP contribution in [0.3, 0.4) is 0 Å². The minimum atomic E-state index is -4.30. The summed E-state index contributed by atoms with van der Waals surface area (Å²) in [5, 5.41) is 10.8. The number of rotatable bonds is 9. The molecule has 0 aliphatic heterocycles. The average Bonchev–Trinajstić information content (AvgIpc) is 2.78. The number of hydrogen-bond acceptors (Lipinski definition) is 7. The van der Waals surface area contributed by atoms with Gasteiger partial charge in [-0.15, -0.1) is 0 Å². The molecular formula is C22H25NO7S. The Morgan fingerprint density at radius 1 is 1.03 bits per heavy atom. The third-order valence-corrected chi connectivity index (χ3v) is 6.67. The predicted molar refractivity (Wildman–Crippen MR) is 113 cm³/mol. The minimum Gasteiger partial charge on any atom is -0.459 e. The highest BCUT2D eigenvalue weighted by molar-refractivity contribution is 7.86. The Morgan fingerprint density at radius 2 is 1.68 bits per heavy atom. The van der Waals surface area contributed by atoms with Gasteiger partial charge in [-0.1, -0.05) is 62.4 Å². The molecule has 1 aliphatic carbocycles. The number of hydrogen-bond donors (Lipinski definition) is 0. The summed E-state index contributed by atoms with van der Waals surface area (Å²) in [4.78, 5) is 22.7. The molecule has 0 bridgehead atoms. The molecule has 31 heavy (non-hydrogen) atoms. The minimum absolute atomic E-state index is 0.0157. The van der Waals surface area contributed by atoms with Crippen molar-refractivity contribution in [3.8, 4) is 0 Å². The highest BCUT2D eigenvalue weighted by Gasteiger charge is 2.32. The number of nitrogens with zero attached hydrogens (tertiary/aromatic N) is 1. The fourth-order valence-electron chi connectivity index (χ4n) is 3.67. The van der Waals surface area contributed by atoms with Gasteiger partial charge >= 0.3 is 5.97 Å².